The van der Waals surface area contributed by atoms with Crippen LogP contribution in [0.1, 0.15) is 32.1 Å². The van der Waals surface area contributed by atoms with E-state index in [1.807, 2.05) is 11.9 Å². The first kappa shape index (κ1) is 23.3. The number of para-hydroxylation sites is 1. The Morgan fingerprint density at radius 3 is 2.25 bits per heavy atom. The summed E-state index contributed by atoms with van der Waals surface area (Å²) >= 11 is 0. The molecular formula is C21H34Cl2N4O. The van der Waals surface area contributed by atoms with E-state index in [-0.39, 0.29) is 24.8 Å². The van der Waals surface area contributed by atoms with Gasteiger partial charge in [-0.15, -0.1) is 24.8 Å². The van der Waals surface area contributed by atoms with Crippen molar-refractivity contribution in [3.63, 3.8) is 0 Å². The van der Waals surface area contributed by atoms with Gasteiger partial charge in [-0.1, -0.05) is 18.2 Å². The molecule has 1 N–H and O–H groups in total. The molecule has 3 aliphatic rings. The highest BCUT2D eigenvalue weighted by atomic mass is 35.5. The third-order valence-electron chi connectivity index (χ3n) is 6.52. The summed E-state index contributed by atoms with van der Waals surface area (Å²) in [6.07, 6.45) is 5.49. The van der Waals surface area contributed by atoms with E-state index in [0.717, 1.165) is 45.6 Å². The summed E-state index contributed by atoms with van der Waals surface area (Å²) < 4.78 is 0. The lowest BCUT2D eigenvalue weighted by molar-refractivity contribution is -0.133. The number of hydrogen-bond donors (Lipinski definition) is 1. The summed E-state index contributed by atoms with van der Waals surface area (Å²) in [6.45, 7) is 5.08. The molecule has 4 rings (SSSR count). The molecule has 3 fully saturated rings. The van der Waals surface area contributed by atoms with Crippen molar-refractivity contribution in [2.24, 2.45) is 0 Å². The zero-order valence-corrected chi connectivity index (χ0v) is 18.4. The van der Waals surface area contributed by atoms with E-state index in [1.165, 1.54) is 18.5 Å². The van der Waals surface area contributed by atoms with Gasteiger partial charge in [0.2, 0.25) is 5.91 Å². The van der Waals surface area contributed by atoms with Crippen LogP contribution < -0.4 is 10.2 Å². The molecule has 1 aromatic carbocycles. The molecule has 0 spiro atoms. The summed E-state index contributed by atoms with van der Waals surface area (Å²) in [5, 5.41) is 3.66. The minimum absolute atomic E-state index is 0. The minimum atomic E-state index is 0. The third-order valence-corrected chi connectivity index (χ3v) is 6.52. The maximum absolute atomic E-state index is 12.7. The average Bonchev–Trinajstić information content (AvgIpc) is 3.04. The number of nitrogens with one attached hydrogen (secondary N) is 1. The second-order valence-electron chi connectivity index (χ2n) is 8.18. The average molecular weight is 429 g/mol. The molecule has 28 heavy (non-hydrogen) atoms. The van der Waals surface area contributed by atoms with Crippen LogP contribution in [-0.2, 0) is 4.79 Å². The van der Waals surface area contributed by atoms with Gasteiger partial charge in [-0.3, -0.25) is 9.69 Å². The quantitative estimate of drug-likeness (QED) is 0.782. The van der Waals surface area contributed by atoms with Gasteiger partial charge in [-0.2, -0.15) is 0 Å². The van der Waals surface area contributed by atoms with Crippen molar-refractivity contribution >= 4 is 36.4 Å². The Hall–Kier alpha value is -1.01. The van der Waals surface area contributed by atoms with Crippen molar-refractivity contribution in [2.75, 3.05) is 44.7 Å². The summed E-state index contributed by atoms with van der Waals surface area (Å²) in [5.41, 5.74) is 1.31. The summed E-state index contributed by atoms with van der Waals surface area (Å²) in [6, 6.07) is 12.3. The van der Waals surface area contributed by atoms with Gasteiger partial charge in [0, 0.05) is 70.0 Å². The Morgan fingerprint density at radius 2 is 1.64 bits per heavy atom. The zero-order chi connectivity index (χ0) is 17.9. The van der Waals surface area contributed by atoms with E-state index in [4.69, 9.17) is 0 Å². The normalized spacial score (nSPS) is 26.9. The molecule has 7 heteroatoms. The minimum Gasteiger partial charge on any atom is -0.369 e. The molecule has 0 aromatic heterocycles. The molecule has 0 saturated carbocycles. The van der Waals surface area contributed by atoms with E-state index in [0.29, 0.717) is 30.5 Å². The number of benzene rings is 1. The fraction of sp³-hybridized carbons (Fsp3) is 0.667. The molecule has 0 radical (unpaired) electrons. The van der Waals surface area contributed by atoms with Crippen LogP contribution in [0.3, 0.4) is 0 Å². The van der Waals surface area contributed by atoms with Crippen molar-refractivity contribution in [3.05, 3.63) is 30.3 Å². The van der Waals surface area contributed by atoms with Crippen molar-refractivity contribution in [1.82, 2.24) is 15.1 Å². The molecule has 158 valence electrons. The van der Waals surface area contributed by atoms with Crippen molar-refractivity contribution in [2.45, 2.75) is 50.2 Å². The predicted molar refractivity (Wildman–Crippen MR) is 120 cm³/mol. The van der Waals surface area contributed by atoms with Gasteiger partial charge in [0.25, 0.3) is 0 Å². The highest BCUT2D eigenvalue weighted by Crippen LogP contribution is 2.29. The molecule has 3 heterocycles. The first-order valence-electron chi connectivity index (χ1n) is 10.2. The first-order chi connectivity index (χ1) is 12.7. The Bertz CT molecular complexity index is 598. The number of piperidine rings is 1. The fourth-order valence-corrected chi connectivity index (χ4v) is 4.85. The Balaban J connectivity index is 0.00000140. The van der Waals surface area contributed by atoms with Gasteiger partial charge in [-0.25, -0.2) is 0 Å². The highest BCUT2D eigenvalue weighted by molar-refractivity contribution is 5.85. The molecule has 2 atom stereocenters. The van der Waals surface area contributed by atoms with Crippen LogP contribution in [0.2, 0.25) is 0 Å². The Kier molecular flexibility index (Phi) is 8.87. The number of piperazine rings is 1. The Labute approximate surface area is 181 Å². The molecule has 2 bridgehead atoms. The monoisotopic (exact) mass is 428 g/mol. The molecule has 5 nitrogen and oxygen atoms in total. The molecule has 2 unspecified atom stereocenters. The maximum atomic E-state index is 12.7. The van der Waals surface area contributed by atoms with Crippen LogP contribution in [0.25, 0.3) is 0 Å². The number of anilines is 1. The summed E-state index contributed by atoms with van der Waals surface area (Å²) in [5.74, 6) is 0.321. The molecule has 3 aliphatic heterocycles. The van der Waals surface area contributed by atoms with Gasteiger partial charge in [-0.05, 0) is 37.8 Å². The largest absolute Gasteiger partial charge is 0.369 e. The SMILES string of the molecule is CN(C(=O)CCN1CCN(c2ccccc2)CC1)C1CC2CCC(C1)N2.Cl.Cl. The van der Waals surface area contributed by atoms with Crippen molar-refractivity contribution < 1.29 is 4.79 Å². The number of hydrogen-bond acceptors (Lipinski definition) is 4. The number of halogens is 2. The third kappa shape index (κ3) is 5.53. The van der Waals surface area contributed by atoms with Gasteiger partial charge >= 0.3 is 0 Å². The number of rotatable bonds is 5. The van der Waals surface area contributed by atoms with Gasteiger partial charge in [0.1, 0.15) is 0 Å². The van der Waals surface area contributed by atoms with E-state index in [2.05, 4.69) is 45.4 Å². The molecule has 3 saturated heterocycles. The topological polar surface area (TPSA) is 38.8 Å². The van der Waals surface area contributed by atoms with Crippen LogP contribution in [0, 0.1) is 0 Å². The second kappa shape index (κ2) is 10.7. The number of amides is 1. The van der Waals surface area contributed by atoms with Gasteiger partial charge < -0.3 is 15.1 Å². The van der Waals surface area contributed by atoms with E-state index < -0.39 is 0 Å². The maximum Gasteiger partial charge on any atom is 0.223 e. The molecular weight excluding hydrogens is 395 g/mol. The zero-order valence-electron chi connectivity index (χ0n) is 16.8. The van der Waals surface area contributed by atoms with Crippen LogP contribution in [0.4, 0.5) is 5.69 Å². The van der Waals surface area contributed by atoms with Crippen LogP contribution in [0.15, 0.2) is 30.3 Å². The van der Waals surface area contributed by atoms with E-state index >= 15 is 0 Å². The highest BCUT2D eigenvalue weighted by Gasteiger charge is 2.36. The predicted octanol–water partition coefficient (Wildman–Crippen LogP) is 2.78. The number of carbonyl (C=O) groups excluding carboxylic acids is 1. The van der Waals surface area contributed by atoms with Crippen LogP contribution in [0.5, 0.6) is 0 Å². The van der Waals surface area contributed by atoms with E-state index in [9.17, 15) is 4.79 Å². The fourth-order valence-electron chi connectivity index (χ4n) is 4.85. The summed E-state index contributed by atoms with van der Waals surface area (Å²) in [7, 11) is 2.02. The van der Waals surface area contributed by atoms with Gasteiger partial charge in [0.05, 0.1) is 0 Å². The van der Waals surface area contributed by atoms with Gasteiger partial charge in [0.15, 0.2) is 0 Å². The van der Waals surface area contributed by atoms with Crippen LogP contribution in [-0.4, -0.2) is 73.6 Å². The standard InChI is InChI=1S/C21H32N4O.2ClH/c1-23(20-15-17-7-8-18(16-20)22-17)21(26)9-10-24-11-13-25(14-12-24)19-5-3-2-4-6-19;;/h2-6,17-18,20,22H,7-16H2,1H3;2*1H. The smallest absolute Gasteiger partial charge is 0.223 e. The van der Waals surface area contributed by atoms with E-state index in [1.54, 1.807) is 0 Å². The first-order valence-corrected chi connectivity index (χ1v) is 10.2. The number of carbonyl (C=O) groups is 1. The second-order valence-corrected chi connectivity index (χ2v) is 8.18. The number of nitrogens with zero attached hydrogens (tertiary/aromatic N) is 3. The lowest BCUT2D eigenvalue weighted by Crippen LogP contribution is -2.50. The summed E-state index contributed by atoms with van der Waals surface area (Å²) in [4.78, 5) is 19.6. The lowest BCUT2D eigenvalue weighted by Gasteiger charge is -2.37. The molecule has 1 amide bonds. The molecule has 0 aliphatic carbocycles. The molecule has 1 aromatic rings. The lowest BCUT2D eigenvalue weighted by atomic mass is 9.98. The number of fused-ring (bicyclic) bond motifs is 2. The Morgan fingerprint density at radius 1 is 1.04 bits per heavy atom. The van der Waals surface area contributed by atoms with Crippen molar-refractivity contribution in [3.8, 4) is 0 Å². The van der Waals surface area contributed by atoms with Crippen LogP contribution >= 0.6 is 24.8 Å². The van der Waals surface area contributed by atoms with Crippen molar-refractivity contribution in [1.29, 1.82) is 0 Å².